The van der Waals surface area contributed by atoms with Gasteiger partial charge in [-0.3, -0.25) is 4.79 Å². The molecule has 0 saturated heterocycles. The van der Waals surface area contributed by atoms with Gasteiger partial charge >= 0.3 is 0 Å². The van der Waals surface area contributed by atoms with Gasteiger partial charge in [0.05, 0.1) is 13.7 Å². The van der Waals surface area contributed by atoms with E-state index in [9.17, 15) is 9.18 Å². The van der Waals surface area contributed by atoms with Crippen molar-refractivity contribution >= 4 is 11.6 Å². The van der Waals surface area contributed by atoms with Crippen molar-refractivity contribution in [1.82, 2.24) is 5.32 Å². The van der Waals surface area contributed by atoms with E-state index in [1.807, 2.05) is 0 Å². The van der Waals surface area contributed by atoms with Crippen LogP contribution in [0, 0.1) is 5.82 Å². The molecule has 1 aliphatic rings. The second-order valence-electron chi connectivity index (χ2n) is 4.76. The molecule has 1 fully saturated rings. The maximum Gasteiger partial charge on any atom is 0.238 e. The lowest BCUT2D eigenvalue weighted by Gasteiger charge is -2.12. The monoisotopic (exact) mass is 266 g/mol. The molecule has 2 N–H and O–H groups in total. The Morgan fingerprint density at radius 3 is 2.79 bits per heavy atom. The van der Waals surface area contributed by atoms with Crippen molar-refractivity contribution in [3.8, 4) is 5.75 Å². The summed E-state index contributed by atoms with van der Waals surface area (Å²) >= 11 is 0. The summed E-state index contributed by atoms with van der Waals surface area (Å²) in [7, 11) is 1.40. The summed E-state index contributed by atoms with van der Waals surface area (Å²) < 4.78 is 18.3. The third-order valence-electron chi connectivity index (χ3n) is 3.34. The van der Waals surface area contributed by atoms with E-state index in [0.29, 0.717) is 11.7 Å². The molecule has 104 valence electrons. The molecule has 0 heterocycles. The number of halogens is 1. The van der Waals surface area contributed by atoms with Gasteiger partial charge in [0.15, 0.2) is 11.6 Å². The van der Waals surface area contributed by atoms with Crippen molar-refractivity contribution in [2.75, 3.05) is 19.0 Å². The minimum Gasteiger partial charge on any atom is -0.494 e. The van der Waals surface area contributed by atoms with E-state index in [0.717, 1.165) is 12.8 Å². The zero-order valence-electron chi connectivity index (χ0n) is 11.0. The molecule has 0 unspecified atom stereocenters. The van der Waals surface area contributed by atoms with Crippen LogP contribution in [0.1, 0.15) is 25.7 Å². The van der Waals surface area contributed by atoms with Crippen LogP contribution in [0.15, 0.2) is 18.2 Å². The molecule has 1 aromatic rings. The Morgan fingerprint density at radius 2 is 2.16 bits per heavy atom. The first-order valence-corrected chi connectivity index (χ1v) is 6.56. The first-order chi connectivity index (χ1) is 9.19. The standard InChI is InChI=1S/C14H19FN2O2/c1-19-13-7-6-11(8-12(13)15)17-14(18)9-16-10-4-2-3-5-10/h6-8,10,16H,2-5,9H2,1H3,(H,17,18). The average molecular weight is 266 g/mol. The summed E-state index contributed by atoms with van der Waals surface area (Å²) in [6, 6.07) is 4.81. The molecule has 1 saturated carbocycles. The smallest absolute Gasteiger partial charge is 0.238 e. The van der Waals surface area contributed by atoms with Crippen LogP contribution in [-0.4, -0.2) is 25.6 Å². The number of hydrogen-bond donors (Lipinski definition) is 2. The maximum atomic E-state index is 13.4. The van der Waals surface area contributed by atoms with Crippen LogP contribution in [0.3, 0.4) is 0 Å². The van der Waals surface area contributed by atoms with Crippen molar-refractivity contribution in [2.24, 2.45) is 0 Å². The lowest BCUT2D eigenvalue weighted by molar-refractivity contribution is -0.115. The number of anilines is 1. The lowest BCUT2D eigenvalue weighted by Crippen LogP contribution is -2.34. The molecule has 4 nitrogen and oxygen atoms in total. The molecule has 0 aliphatic heterocycles. The molecule has 0 aromatic heterocycles. The van der Waals surface area contributed by atoms with Gasteiger partial charge in [-0.05, 0) is 25.0 Å². The maximum absolute atomic E-state index is 13.4. The second-order valence-corrected chi connectivity index (χ2v) is 4.76. The fraction of sp³-hybridized carbons (Fsp3) is 0.500. The summed E-state index contributed by atoms with van der Waals surface area (Å²) in [6.45, 7) is 0.262. The third kappa shape index (κ3) is 3.92. The van der Waals surface area contributed by atoms with Gasteiger partial charge in [0.1, 0.15) is 0 Å². The Hall–Kier alpha value is -1.62. The normalized spacial score (nSPS) is 15.5. The zero-order valence-corrected chi connectivity index (χ0v) is 11.0. The molecule has 1 aromatic carbocycles. The van der Waals surface area contributed by atoms with Gasteiger partial charge in [0.2, 0.25) is 5.91 Å². The molecule has 0 atom stereocenters. The van der Waals surface area contributed by atoms with Gasteiger partial charge in [-0.1, -0.05) is 12.8 Å². The van der Waals surface area contributed by atoms with Crippen molar-refractivity contribution in [3.05, 3.63) is 24.0 Å². The molecule has 5 heteroatoms. The van der Waals surface area contributed by atoms with Gasteiger partial charge < -0.3 is 15.4 Å². The van der Waals surface area contributed by atoms with Gasteiger partial charge in [0.25, 0.3) is 0 Å². The number of nitrogens with one attached hydrogen (secondary N) is 2. The highest BCUT2D eigenvalue weighted by molar-refractivity contribution is 5.92. The highest BCUT2D eigenvalue weighted by Crippen LogP contribution is 2.20. The fourth-order valence-corrected chi connectivity index (χ4v) is 2.32. The Bertz CT molecular complexity index is 445. The van der Waals surface area contributed by atoms with E-state index in [1.54, 1.807) is 6.07 Å². The summed E-state index contributed by atoms with van der Waals surface area (Å²) in [6.07, 6.45) is 4.71. The third-order valence-corrected chi connectivity index (χ3v) is 3.34. The quantitative estimate of drug-likeness (QED) is 0.860. The highest BCUT2D eigenvalue weighted by atomic mass is 19.1. The first kappa shape index (κ1) is 13.8. The number of benzene rings is 1. The zero-order chi connectivity index (χ0) is 13.7. The van der Waals surface area contributed by atoms with Crippen LogP contribution in [0.25, 0.3) is 0 Å². The Labute approximate surface area is 112 Å². The molecule has 0 radical (unpaired) electrons. The average Bonchev–Trinajstić information content (AvgIpc) is 2.90. The van der Waals surface area contributed by atoms with Crippen molar-refractivity contribution in [3.63, 3.8) is 0 Å². The van der Waals surface area contributed by atoms with Crippen LogP contribution < -0.4 is 15.4 Å². The first-order valence-electron chi connectivity index (χ1n) is 6.56. The lowest BCUT2D eigenvalue weighted by atomic mass is 10.2. The minimum absolute atomic E-state index is 0.156. The number of ether oxygens (including phenoxy) is 1. The SMILES string of the molecule is COc1ccc(NC(=O)CNC2CCCC2)cc1F. The van der Waals surface area contributed by atoms with Gasteiger partial charge in [-0.15, -0.1) is 0 Å². The van der Waals surface area contributed by atoms with E-state index >= 15 is 0 Å². The summed E-state index contributed by atoms with van der Waals surface area (Å²) in [5.41, 5.74) is 0.441. The molecule has 0 spiro atoms. The van der Waals surface area contributed by atoms with Crippen molar-refractivity contribution in [1.29, 1.82) is 0 Å². The summed E-state index contributed by atoms with van der Waals surface area (Å²) in [5.74, 6) is -0.470. The highest BCUT2D eigenvalue weighted by Gasteiger charge is 2.15. The van der Waals surface area contributed by atoms with Gasteiger partial charge in [-0.2, -0.15) is 0 Å². The topological polar surface area (TPSA) is 50.4 Å². The van der Waals surface area contributed by atoms with Gasteiger partial charge in [0, 0.05) is 17.8 Å². The second kappa shape index (κ2) is 6.52. The largest absolute Gasteiger partial charge is 0.494 e. The predicted octanol–water partition coefficient (Wildman–Crippen LogP) is 2.30. The van der Waals surface area contributed by atoms with E-state index in [4.69, 9.17) is 4.74 Å². The Balaban J connectivity index is 1.82. The molecule has 1 aliphatic carbocycles. The number of amides is 1. The molecular formula is C14H19FN2O2. The number of rotatable bonds is 5. The number of carbonyl (C=O) groups is 1. The van der Waals surface area contributed by atoms with Crippen LogP contribution in [0.4, 0.5) is 10.1 Å². The van der Waals surface area contributed by atoms with Crippen molar-refractivity contribution in [2.45, 2.75) is 31.7 Å². The molecular weight excluding hydrogens is 247 g/mol. The molecule has 1 amide bonds. The van der Waals surface area contributed by atoms with E-state index in [1.165, 1.54) is 32.1 Å². The van der Waals surface area contributed by atoms with Crippen LogP contribution >= 0.6 is 0 Å². The number of carbonyl (C=O) groups excluding carboxylic acids is 1. The van der Waals surface area contributed by atoms with Crippen LogP contribution in [0.5, 0.6) is 5.75 Å². The predicted molar refractivity (Wildman–Crippen MR) is 71.8 cm³/mol. The minimum atomic E-state index is -0.482. The molecule has 2 rings (SSSR count). The number of methoxy groups -OCH3 is 1. The Morgan fingerprint density at radius 1 is 1.42 bits per heavy atom. The van der Waals surface area contributed by atoms with E-state index < -0.39 is 5.82 Å². The summed E-state index contributed by atoms with van der Waals surface area (Å²) in [5, 5.41) is 5.87. The number of hydrogen-bond acceptors (Lipinski definition) is 3. The van der Waals surface area contributed by atoms with Crippen molar-refractivity contribution < 1.29 is 13.9 Å². The van der Waals surface area contributed by atoms with Crippen LogP contribution in [0.2, 0.25) is 0 Å². The molecule has 0 bridgehead atoms. The van der Waals surface area contributed by atoms with Crippen LogP contribution in [-0.2, 0) is 4.79 Å². The molecule has 19 heavy (non-hydrogen) atoms. The van der Waals surface area contributed by atoms with E-state index in [2.05, 4.69) is 10.6 Å². The Kier molecular flexibility index (Phi) is 4.74. The fourth-order valence-electron chi connectivity index (χ4n) is 2.32. The summed E-state index contributed by atoms with van der Waals surface area (Å²) in [4.78, 5) is 11.7. The van der Waals surface area contributed by atoms with Gasteiger partial charge in [-0.25, -0.2) is 4.39 Å². The van der Waals surface area contributed by atoms with E-state index in [-0.39, 0.29) is 18.2 Å².